The number of benzene rings is 1. The molecule has 7 heteroatoms. The SMILES string of the molecule is CN(C)c1c(F)cc(NC(=O)C2CCN(C(=O)C3CC3)CC2)cc1F. The second-order valence-electron chi connectivity index (χ2n) is 7.05. The molecule has 0 radical (unpaired) electrons. The number of nitrogens with one attached hydrogen (secondary N) is 1. The van der Waals surface area contributed by atoms with E-state index < -0.39 is 11.6 Å². The Hall–Kier alpha value is -2.18. The van der Waals surface area contributed by atoms with Gasteiger partial charge in [0.05, 0.1) is 0 Å². The number of anilines is 2. The molecule has 0 spiro atoms. The lowest BCUT2D eigenvalue weighted by molar-refractivity contribution is -0.135. The Bertz CT molecular complexity index is 658. The van der Waals surface area contributed by atoms with Crippen LogP contribution in [0, 0.1) is 23.5 Å². The van der Waals surface area contributed by atoms with E-state index in [0.29, 0.717) is 25.9 Å². The topological polar surface area (TPSA) is 52.7 Å². The molecule has 1 saturated carbocycles. The fraction of sp³-hybridized carbons (Fsp3) is 0.556. The molecule has 136 valence electrons. The second kappa shape index (κ2) is 6.98. The van der Waals surface area contributed by atoms with Crippen molar-refractivity contribution in [3.05, 3.63) is 23.8 Å². The molecule has 3 rings (SSSR count). The number of likely N-dealkylation sites (tertiary alicyclic amines) is 1. The highest BCUT2D eigenvalue weighted by atomic mass is 19.1. The van der Waals surface area contributed by atoms with Crippen LogP contribution >= 0.6 is 0 Å². The van der Waals surface area contributed by atoms with Crippen LogP contribution in [0.3, 0.4) is 0 Å². The van der Waals surface area contributed by atoms with Gasteiger partial charge in [-0.25, -0.2) is 8.78 Å². The number of rotatable bonds is 4. The van der Waals surface area contributed by atoms with Gasteiger partial charge in [0.1, 0.15) is 5.69 Å². The maximum Gasteiger partial charge on any atom is 0.227 e. The smallest absolute Gasteiger partial charge is 0.227 e. The molecule has 2 fully saturated rings. The maximum absolute atomic E-state index is 14.0. The van der Waals surface area contributed by atoms with Gasteiger partial charge in [-0.05, 0) is 37.8 Å². The first-order chi connectivity index (χ1) is 11.9. The molecule has 0 atom stereocenters. The molecule has 1 aromatic carbocycles. The molecule has 1 aliphatic carbocycles. The van der Waals surface area contributed by atoms with Gasteiger partial charge < -0.3 is 15.1 Å². The standard InChI is InChI=1S/C18H23F2N3O2/c1-22(2)16-14(19)9-13(10-15(16)20)21-17(24)11-5-7-23(8-6-11)18(25)12-3-4-12/h9-12H,3-8H2,1-2H3,(H,21,24). The number of amides is 2. The van der Waals surface area contributed by atoms with E-state index in [0.717, 1.165) is 25.0 Å². The van der Waals surface area contributed by atoms with Crippen molar-refractivity contribution in [2.45, 2.75) is 25.7 Å². The molecule has 0 unspecified atom stereocenters. The minimum Gasteiger partial charge on any atom is -0.373 e. The molecule has 2 amide bonds. The third kappa shape index (κ3) is 3.91. The van der Waals surface area contributed by atoms with Crippen molar-refractivity contribution in [3.63, 3.8) is 0 Å². The molecule has 25 heavy (non-hydrogen) atoms. The van der Waals surface area contributed by atoms with E-state index >= 15 is 0 Å². The Morgan fingerprint density at radius 1 is 1.04 bits per heavy atom. The van der Waals surface area contributed by atoms with E-state index in [1.54, 1.807) is 14.1 Å². The van der Waals surface area contributed by atoms with Crippen molar-refractivity contribution in [1.82, 2.24) is 4.90 Å². The lowest BCUT2D eigenvalue weighted by atomic mass is 9.95. The predicted molar refractivity (Wildman–Crippen MR) is 91.3 cm³/mol. The van der Waals surface area contributed by atoms with Gasteiger partial charge in [0.2, 0.25) is 11.8 Å². The molecule has 1 heterocycles. The number of hydrogen-bond donors (Lipinski definition) is 1. The monoisotopic (exact) mass is 351 g/mol. The van der Waals surface area contributed by atoms with Gasteiger partial charge in [-0.2, -0.15) is 0 Å². The first-order valence-corrected chi connectivity index (χ1v) is 8.63. The quantitative estimate of drug-likeness (QED) is 0.907. The molecule has 1 saturated heterocycles. The number of piperidine rings is 1. The van der Waals surface area contributed by atoms with Crippen molar-refractivity contribution in [2.75, 3.05) is 37.4 Å². The third-order valence-electron chi connectivity index (χ3n) is 4.84. The highest BCUT2D eigenvalue weighted by molar-refractivity contribution is 5.93. The van der Waals surface area contributed by atoms with Crippen LogP contribution in [0.4, 0.5) is 20.2 Å². The van der Waals surface area contributed by atoms with Crippen LogP contribution in [0.1, 0.15) is 25.7 Å². The average Bonchev–Trinajstić information content (AvgIpc) is 3.38. The third-order valence-corrected chi connectivity index (χ3v) is 4.84. The zero-order chi connectivity index (χ0) is 18.1. The first-order valence-electron chi connectivity index (χ1n) is 8.63. The van der Waals surface area contributed by atoms with Gasteiger partial charge in [-0.1, -0.05) is 0 Å². The Kier molecular flexibility index (Phi) is 4.92. The Morgan fingerprint density at radius 3 is 2.08 bits per heavy atom. The van der Waals surface area contributed by atoms with Gasteiger partial charge in [0.15, 0.2) is 11.6 Å². The van der Waals surface area contributed by atoms with E-state index in [9.17, 15) is 18.4 Å². The number of halogens is 2. The van der Waals surface area contributed by atoms with Crippen LogP contribution in [0.15, 0.2) is 12.1 Å². The molecule has 1 aliphatic heterocycles. The summed E-state index contributed by atoms with van der Waals surface area (Å²) >= 11 is 0. The van der Waals surface area contributed by atoms with E-state index in [-0.39, 0.29) is 35.0 Å². The summed E-state index contributed by atoms with van der Waals surface area (Å²) < 4.78 is 28.0. The Morgan fingerprint density at radius 2 is 1.60 bits per heavy atom. The fourth-order valence-electron chi connectivity index (χ4n) is 3.26. The molecule has 0 aromatic heterocycles. The number of nitrogens with zero attached hydrogens (tertiary/aromatic N) is 2. The molecule has 0 bridgehead atoms. The van der Waals surface area contributed by atoms with Gasteiger partial charge in [0, 0.05) is 44.7 Å². The molecule has 5 nitrogen and oxygen atoms in total. The van der Waals surface area contributed by atoms with Crippen LogP contribution in [0.5, 0.6) is 0 Å². The number of carbonyl (C=O) groups excluding carboxylic acids is 2. The van der Waals surface area contributed by atoms with Crippen LogP contribution in [0.2, 0.25) is 0 Å². The van der Waals surface area contributed by atoms with E-state index in [1.165, 1.54) is 4.90 Å². The molecule has 2 aliphatic rings. The summed E-state index contributed by atoms with van der Waals surface area (Å²) in [6.07, 6.45) is 3.09. The summed E-state index contributed by atoms with van der Waals surface area (Å²) in [4.78, 5) is 27.6. The summed E-state index contributed by atoms with van der Waals surface area (Å²) in [6, 6.07) is 2.25. The molecule has 1 N–H and O–H groups in total. The van der Waals surface area contributed by atoms with Crippen LogP contribution in [0.25, 0.3) is 0 Å². The summed E-state index contributed by atoms with van der Waals surface area (Å²) in [5.41, 5.74) is -0.0213. The molecular weight excluding hydrogens is 328 g/mol. The lowest BCUT2D eigenvalue weighted by Gasteiger charge is -2.31. The number of carbonyl (C=O) groups is 2. The molecule has 1 aromatic rings. The van der Waals surface area contributed by atoms with Gasteiger partial charge >= 0.3 is 0 Å². The van der Waals surface area contributed by atoms with Gasteiger partial charge in [-0.15, -0.1) is 0 Å². The Labute approximate surface area is 146 Å². The maximum atomic E-state index is 14.0. The van der Waals surface area contributed by atoms with Crippen LogP contribution in [-0.2, 0) is 9.59 Å². The zero-order valence-corrected chi connectivity index (χ0v) is 14.5. The highest BCUT2D eigenvalue weighted by Gasteiger charge is 2.36. The minimum absolute atomic E-state index is 0.113. The number of hydrogen-bond acceptors (Lipinski definition) is 3. The van der Waals surface area contributed by atoms with Gasteiger partial charge in [0.25, 0.3) is 0 Å². The highest BCUT2D eigenvalue weighted by Crippen LogP contribution is 2.33. The van der Waals surface area contributed by atoms with E-state index in [2.05, 4.69) is 5.32 Å². The fourth-order valence-corrected chi connectivity index (χ4v) is 3.26. The van der Waals surface area contributed by atoms with Crippen molar-refractivity contribution < 1.29 is 18.4 Å². The zero-order valence-electron chi connectivity index (χ0n) is 14.5. The first kappa shape index (κ1) is 17.6. The molecular formula is C18H23F2N3O2. The lowest BCUT2D eigenvalue weighted by Crippen LogP contribution is -2.42. The van der Waals surface area contributed by atoms with Crippen molar-refractivity contribution in [3.8, 4) is 0 Å². The minimum atomic E-state index is -0.717. The average molecular weight is 351 g/mol. The predicted octanol–water partition coefficient (Wildman–Crippen LogP) is 2.62. The second-order valence-corrected chi connectivity index (χ2v) is 7.05. The van der Waals surface area contributed by atoms with Gasteiger partial charge in [-0.3, -0.25) is 9.59 Å². The van der Waals surface area contributed by atoms with Crippen molar-refractivity contribution in [1.29, 1.82) is 0 Å². The largest absolute Gasteiger partial charge is 0.373 e. The van der Waals surface area contributed by atoms with Crippen LogP contribution in [-0.4, -0.2) is 43.9 Å². The van der Waals surface area contributed by atoms with Crippen molar-refractivity contribution >= 4 is 23.2 Å². The summed E-state index contributed by atoms with van der Waals surface area (Å²) in [5.74, 6) is -1.55. The van der Waals surface area contributed by atoms with E-state index in [4.69, 9.17) is 0 Å². The van der Waals surface area contributed by atoms with Crippen molar-refractivity contribution in [2.24, 2.45) is 11.8 Å². The summed E-state index contributed by atoms with van der Waals surface area (Å²) in [6.45, 7) is 1.13. The normalized spacial score (nSPS) is 18.2. The Balaban J connectivity index is 1.58. The summed E-state index contributed by atoms with van der Waals surface area (Å²) in [7, 11) is 3.10. The van der Waals surface area contributed by atoms with E-state index in [1.807, 2.05) is 4.90 Å². The summed E-state index contributed by atoms with van der Waals surface area (Å²) in [5, 5.41) is 2.60. The van der Waals surface area contributed by atoms with Crippen LogP contribution < -0.4 is 10.2 Å².